The highest BCUT2D eigenvalue weighted by atomic mass is 35.5. The molecule has 0 aliphatic carbocycles. The minimum absolute atomic E-state index is 0.0482. The first-order chi connectivity index (χ1) is 12.9. The third kappa shape index (κ3) is 4.51. The molecule has 9 heteroatoms. The molecule has 0 aliphatic rings. The Balaban J connectivity index is 2.56. The van der Waals surface area contributed by atoms with Crippen LogP contribution in [0.4, 0.5) is 5.69 Å². The van der Waals surface area contributed by atoms with E-state index in [1.807, 2.05) is 6.92 Å². The van der Waals surface area contributed by atoms with Crippen molar-refractivity contribution >= 4 is 37.3 Å². The van der Waals surface area contributed by atoms with Gasteiger partial charge >= 0.3 is 0 Å². The third-order valence-electron chi connectivity index (χ3n) is 4.61. The molecule has 0 saturated carbocycles. The van der Waals surface area contributed by atoms with Crippen molar-refractivity contribution in [2.75, 3.05) is 17.8 Å². The molecule has 0 radical (unpaired) electrons. The zero-order valence-corrected chi connectivity index (χ0v) is 19.0. The molecule has 28 heavy (non-hydrogen) atoms. The maximum Gasteiger partial charge on any atom is 0.263 e. The van der Waals surface area contributed by atoms with E-state index < -0.39 is 20.0 Å². The first-order valence-corrected chi connectivity index (χ1v) is 12.1. The second kappa shape index (κ2) is 8.41. The van der Waals surface area contributed by atoms with Gasteiger partial charge in [-0.25, -0.2) is 16.8 Å². The monoisotopic (exact) mass is 444 g/mol. The minimum atomic E-state index is -3.98. The van der Waals surface area contributed by atoms with Gasteiger partial charge in [0, 0.05) is 13.1 Å². The number of nitrogens with one attached hydrogen (secondary N) is 1. The average molecular weight is 445 g/mol. The van der Waals surface area contributed by atoms with E-state index in [1.165, 1.54) is 16.4 Å². The number of nitrogens with zero attached hydrogens (tertiary/aromatic N) is 1. The maximum absolute atomic E-state index is 12.9. The third-order valence-corrected chi connectivity index (χ3v) is 8.48. The summed E-state index contributed by atoms with van der Waals surface area (Å²) in [6, 6.07) is 7.56. The molecule has 2 aromatic carbocycles. The summed E-state index contributed by atoms with van der Waals surface area (Å²) in [6.07, 6.45) is 0. The van der Waals surface area contributed by atoms with Gasteiger partial charge in [0.2, 0.25) is 10.0 Å². The predicted octanol–water partition coefficient (Wildman–Crippen LogP) is 4.10. The van der Waals surface area contributed by atoms with Crippen LogP contribution in [0.5, 0.6) is 0 Å². The fourth-order valence-electron chi connectivity index (χ4n) is 2.82. The maximum atomic E-state index is 12.9. The van der Waals surface area contributed by atoms with Crippen LogP contribution in [0.3, 0.4) is 0 Å². The van der Waals surface area contributed by atoms with Gasteiger partial charge in [-0.15, -0.1) is 0 Å². The van der Waals surface area contributed by atoms with Crippen LogP contribution in [0, 0.1) is 20.8 Å². The Kier molecular flexibility index (Phi) is 6.81. The van der Waals surface area contributed by atoms with E-state index in [0.29, 0.717) is 24.2 Å². The standard InChI is InChI=1S/C19H25ClN2O4S2/c1-6-22(7-2)28(25,26)16-11-14(4)15(5)18(12-16)21-27(23,24)19-9-8-13(3)10-17(19)20/h8-12,21H,6-7H2,1-5H3. The van der Waals surface area contributed by atoms with Crippen molar-refractivity contribution in [3.05, 3.63) is 52.0 Å². The van der Waals surface area contributed by atoms with Crippen molar-refractivity contribution in [1.29, 1.82) is 0 Å². The van der Waals surface area contributed by atoms with Crippen molar-refractivity contribution in [2.45, 2.75) is 44.4 Å². The number of sulfonamides is 2. The van der Waals surface area contributed by atoms with Gasteiger partial charge in [0.15, 0.2) is 0 Å². The Bertz CT molecular complexity index is 1090. The quantitative estimate of drug-likeness (QED) is 0.696. The molecule has 0 fully saturated rings. The number of benzene rings is 2. The first kappa shape index (κ1) is 22.7. The Labute approximate surface area is 172 Å². The van der Waals surface area contributed by atoms with Gasteiger partial charge in [-0.3, -0.25) is 4.72 Å². The molecule has 0 atom stereocenters. The molecule has 0 saturated heterocycles. The van der Waals surface area contributed by atoms with E-state index in [-0.39, 0.29) is 20.5 Å². The molecule has 0 heterocycles. The van der Waals surface area contributed by atoms with E-state index in [4.69, 9.17) is 11.6 Å². The van der Waals surface area contributed by atoms with Crippen LogP contribution in [0.15, 0.2) is 40.1 Å². The second-order valence-corrected chi connectivity index (χ2v) is 10.5. The lowest BCUT2D eigenvalue weighted by Gasteiger charge is -2.21. The molecule has 1 N–H and O–H groups in total. The number of anilines is 1. The van der Waals surface area contributed by atoms with Crippen LogP contribution in [0.2, 0.25) is 5.02 Å². The lowest BCUT2D eigenvalue weighted by Crippen LogP contribution is -2.30. The van der Waals surface area contributed by atoms with Crippen molar-refractivity contribution in [2.24, 2.45) is 0 Å². The minimum Gasteiger partial charge on any atom is -0.279 e. The summed E-state index contributed by atoms with van der Waals surface area (Å²) in [6.45, 7) is 9.45. The van der Waals surface area contributed by atoms with Gasteiger partial charge in [0.1, 0.15) is 4.90 Å². The van der Waals surface area contributed by atoms with E-state index >= 15 is 0 Å². The summed E-state index contributed by atoms with van der Waals surface area (Å²) < 4.78 is 55.2. The van der Waals surface area contributed by atoms with Crippen molar-refractivity contribution in [3.63, 3.8) is 0 Å². The molecule has 0 bridgehead atoms. The van der Waals surface area contributed by atoms with Crippen molar-refractivity contribution < 1.29 is 16.8 Å². The fourth-order valence-corrected chi connectivity index (χ4v) is 6.10. The molecule has 0 aromatic heterocycles. The second-order valence-electron chi connectivity index (χ2n) is 6.54. The number of halogens is 1. The molecular weight excluding hydrogens is 420 g/mol. The molecule has 2 aromatic rings. The molecule has 0 aliphatic heterocycles. The van der Waals surface area contributed by atoms with E-state index in [1.54, 1.807) is 45.9 Å². The van der Waals surface area contributed by atoms with Gasteiger partial charge in [-0.05, 0) is 61.7 Å². The molecule has 0 amide bonds. The van der Waals surface area contributed by atoms with Gasteiger partial charge < -0.3 is 0 Å². The highest BCUT2D eigenvalue weighted by molar-refractivity contribution is 7.93. The Morgan fingerprint density at radius 2 is 1.57 bits per heavy atom. The Morgan fingerprint density at radius 3 is 2.11 bits per heavy atom. The number of hydrogen-bond donors (Lipinski definition) is 1. The van der Waals surface area contributed by atoms with Gasteiger partial charge in [-0.1, -0.05) is 31.5 Å². The zero-order valence-electron chi connectivity index (χ0n) is 16.6. The number of hydrogen-bond acceptors (Lipinski definition) is 4. The van der Waals surface area contributed by atoms with E-state index in [2.05, 4.69) is 4.72 Å². The Hall–Kier alpha value is -1.61. The SMILES string of the molecule is CCN(CC)S(=O)(=O)c1cc(C)c(C)c(NS(=O)(=O)c2ccc(C)cc2Cl)c1. The topological polar surface area (TPSA) is 83.6 Å². The van der Waals surface area contributed by atoms with Crippen LogP contribution in [-0.2, 0) is 20.0 Å². The van der Waals surface area contributed by atoms with Gasteiger partial charge in [0.25, 0.3) is 10.0 Å². The molecule has 2 rings (SSSR count). The lowest BCUT2D eigenvalue weighted by molar-refractivity contribution is 0.445. The van der Waals surface area contributed by atoms with Crippen LogP contribution in [0.25, 0.3) is 0 Å². The largest absolute Gasteiger partial charge is 0.279 e. The van der Waals surface area contributed by atoms with Gasteiger partial charge in [-0.2, -0.15) is 4.31 Å². The van der Waals surface area contributed by atoms with Crippen molar-refractivity contribution in [1.82, 2.24) is 4.31 Å². The van der Waals surface area contributed by atoms with Crippen LogP contribution in [0.1, 0.15) is 30.5 Å². The van der Waals surface area contributed by atoms with Crippen LogP contribution in [-0.4, -0.2) is 34.2 Å². The summed E-state index contributed by atoms with van der Waals surface area (Å²) in [4.78, 5) is -0.0131. The van der Waals surface area contributed by atoms with E-state index in [0.717, 1.165) is 5.56 Å². The molecule has 154 valence electrons. The smallest absolute Gasteiger partial charge is 0.263 e. The molecular formula is C19H25ClN2O4S2. The predicted molar refractivity (Wildman–Crippen MR) is 113 cm³/mol. The summed E-state index contributed by atoms with van der Waals surface area (Å²) in [5.74, 6) is 0. The van der Waals surface area contributed by atoms with Crippen LogP contribution < -0.4 is 4.72 Å². The zero-order chi connectivity index (χ0) is 21.3. The summed E-state index contributed by atoms with van der Waals surface area (Å²) in [7, 11) is -7.71. The van der Waals surface area contributed by atoms with Crippen molar-refractivity contribution in [3.8, 4) is 0 Å². The number of rotatable bonds is 7. The van der Waals surface area contributed by atoms with Crippen LogP contribution >= 0.6 is 11.6 Å². The highest BCUT2D eigenvalue weighted by Crippen LogP contribution is 2.30. The normalized spacial score (nSPS) is 12.4. The number of aryl methyl sites for hydroxylation is 2. The highest BCUT2D eigenvalue weighted by Gasteiger charge is 2.25. The Morgan fingerprint density at radius 1 is 0.964 bits per heavy atom. The summed E-state index contributed by atoms with van der Waals surface area (Å²) in [5, 5.41) is 0.105. The fraction of sp³-hybridized carbons (Fsp3) is 0.368. The molecule has 6 nitrogen and oxygen atoms in total. The molecule has 0 unspecified atom stereocenters. The van der Waals surface area contributed by atoms with Gasteiger partial charge in [0.05, 0.1) is 15.6 Å². The van der Waals surface area contributed by atoms with E-state index in [9.17, 15) is 16.8 Å². The molecule has 0 spiro atoms. The summed E-state index contributed by atoms with van der Waals surface area (Å²) >= 11 is 6.11. The average Bonchev–Trinajstić information content (AvgIpc) is 2.58. The summed E-state index contributed by atoms with van der Waals surface area (Å²) in [5.41, 5.74) is 2.36. The first-order valence-electron chi connectivity index (χ1n) is 8.84. The lowest BCUT2D eigenvalue weighted by atomic mass is 10.1.